The molecule has 1 aromatic rings. The minimum Gasteiger partial charge on any atom is -0.505 e. The van der Waals surface area contributed by atoms with Crippen LogP contribution in [0.2, 0.25) is 20.1 Å². The van der Waals surface area contributed by atoms with Gasteiger partial charge < -0.3 is 9.84 Å². The van der Waals surface area contributed by atoms with Crippen LogP contribution >= 0.6 is 46.4 Å². The van der Waals surface area contributed by atoms with Gasteiger partial charge in [0, 0.05) is 0 Å². The third kappa shape index (κ3) is 3.47. The van der Waals surface area contributed by atoms with Crippen LogP contribution in [0.3, 0.4) is 0 Å². The van der Waals surface area contributed by atoms with E-state index >= 15 is 0 Å². The van der Waals surface area contributed by atoms with E-state index in [1.165, 1.54) is 0 Å². The van der Waals surface area contributed by atoms with Crippen molar-refractivity contribution in [2.45, 2.75) is 26.2 Å². The number of ether oxygens (including phenoxy) is 1. The van der Waals surface area contributed by atoms with Crippen LogP contribution in [-0.4, -0.2) is 11.7 Å². The fourth-order valence-corrected chi connectivity index (χ4v) is 2.19. The first-order valence-corrected chi connectivity index (χ1v) is 6.69. The molecule has 0 aromatic heterocycles. The Morgan fingerprint density at radius 1 is 0.941 bits per heavy atom. The summed E-state index contributed by atoms with van der Waals surface area (Å²) in [5.41, 5.74) is 0. The molecule has 1 rings (SSSR count). The Labute approximate surface area is 120 Å². The maximum Gasteiger partial charge on any atom is 0.159 e. The summed E-state index contributed by atoms with van der Waals surface area (Å²) < 4.78 is 5.44. The summed E-state index contributed by atoms with van der Waals surface area (Å²) in [5, 5.41) is 9.57. The van der Waals surface area contributed by atoms with Crippen LogP contribution in [0.1, 0.15) is 26.2 Å². The number of hydrogen-bond donors (Lipinski definition) is 1. The number of benzene rings is 1. The van der Waals surface area contributed by atoms with Gasteiger partial charge in [-0.25, -0.2) is 0 Å². The quantitative estimate of drug-likeness (QED) is 0.568. The monoisotopic (exact) mass is 316 g/mol. The second kappa shape index (κ2) is 6.79. The van der Waals surface area contributed by atoms with E-state index in [-0.39, 0.29) is 31.6 Å². The SMILES string of the molecule is CCCCCOc1c(Cl)c(Cl)c(O)c(Cl)c1Cl. The molecule has 2 nitrogen and oxygen atoms in total. The summed E-state index contributed by atoms with van der Waals surface area (Å²) in [4.78, 5) is 0. The standard InChI is InChI=1S/C11H12Cl4O2/c1-2-3-4-5-17-11-8(14)6(12)10(16)7(13)9(11)15/h16H,2-5H2,1H3. The zero-order chi connectivity index (χ0) is 13.0. The number of phenols is 1. The van der Waals surface area contributed by atoms with Crippen molar-refractivity contribution >= 4 is 46.4 Å². The highest BCUT2D eigenvalue weighted by Crippen LogP contribution is 2.49. The molecule has 0 radical (unpaired) electrons. The summed E-state index contributed by atoms with van der Waals surface area (Å²) in [6.45, 7) is 2.57. The lowest BCUT2D eigenvalue weighted by Crippen LogP contribution is -1.99. The molecule has 0 aliphatic heterocycles. The Morgan fingerprint density at radius 2 is 1.47 bits per heavy atom. The third-order valence-corrected chi connectivity index (χ3v) is 3.84. The van der Waals surface area contributed by atoms with Crippen LogP contribution in [0.5, 0.6) is 11.5 Å². The fraction of sp³-hybridized carbons (Fsp3) is 0.455. The van der Waals surface area contributed by atoms with Gasteiger partial charge >= 0.3 is 0 Å². The molecule has 17 heavy (non-hydrogen) atoms. The highest BCUT2D eigenvalue weighted by atomic mass is 35.5. The highest BCUT2D eigenvalue weighted by Gasteiger charge is 2.20. The van der Waals surface area contributed by atoms with Crippen LogP contribution in [0, 0.1) is 0 Å². The van der Waals surface area contributed by atoms with E-state index in [1.807, 2.05) is 0 Å². The average molecular weight is 318 g/mol. The van der Waals surface area contributed by atoms with Gasteiger partial charge in [0.1, 0.15) is 20.1 Å². The maximum absolute atomic E-state index is 9.51. The lowest BCUT2D eigenvalue weighted by atomic mass is 10.2. The van der Waals surface area contributed by atoms with E-state index in [1.54, 1.807) is 0 Å². The molecule has 0 aliphatic carbocycles. The van der Waals surface area contributed by atoms with E-state index in [2.05, 4.69) is 6.92 Å². The van der Waals surface area contributed by atoms with Gasteiger partial charge in [0.25, 0.3) is 0 Å². The molecule has 0 amide bonds. The minimum absolute atomic E-state index is 0.0495. The summed E-state index contributed by atoms with van der Waals surface area (Å²) >= 11 is 23.4. The van der Waals surface area contributed by atoms with Gasteiger partial charge in [-0.15, -0.1) is 0 Å². The molecule has 0 spiro atoms. The van der Waals surface area contributed by atoms with Gasteiger partial charge in [-0.1, -0.05) is 66.2 Å². The molecule has 96 valence electrons. The lowest BCUT2D eigenvalue weighted by molar-refractivity contribution is 0.306. The highest BCUT2D eigenvalue weighted by molar-refractivity contribution is 6.50. The molecule has 1 N–H and O–H groups in total. The van der Waals surface area contributed by atoms with E-state index in [0.717, 1.165) is 19.3 Å². The largest absolute Gasteiger partial charge is 0.505 e. The molecular weight excluding hydrogens is 306 g/mol. The molecule has 0 fully saturated rings. The molecular formula is C11H12Cl4O2. The van der Waals surface area contributed by atoms with E-state index in [4.69, 9.17) is 51.1 Å². The van der Waals surface area contributed by atoms with Crippen molar-refractivity contribution in [2.75, 3.05) is 6.61 Å². The van der Waals surface area contributed by atoms with Gasteiger partial charge in [-0.3, -0.25) is 0 Å². The molecule has 1 aromatic carbocycles. The van der Waals surface area contributed by atoms with Gasteiger partial charge in [-0.05, 0) is 6.42 Å². The van der Waals surface area contributed by atoms with Gasteiger partial charge in [-0.2, -0.15) is 0 Å². The van der Waals surface area contributed by atoms with Crippen molar-refractivity contribution < 1.29 is 9.84 Å². The normalized spacial score (nSPS) is 10.6. The second-order valence-electron chi connectivity index (χ2n) is 3.49. The number of aromatic hydroxyl groups is 1. The van der Waals surface area contributed by atoms with Crippen LogP contribution in [0.25, 0.3) is 0 Å². The summed E-state index contributed by atoms with van der Waals surface area (Å²) in [6, 6.07) is 0. The number of rotatable bonds is 5. The van der Waals surface area contributed by atoms with Crippen molar-refractivity contribution in [3.05, 3.63) is 20.1 Å². The number of unbranched alkanes of at least 4 members (excludes halogenated alkanes) is 2. The van der Waals surface area contributed by atoms with E-state index in [0.29, 0.717) is 6.61 Å². The maximum atomic E-state index is 9.51. The number of halogens is 4. The fourth-order valence-electron chi connectivity index (χ4n) is 1.25. The van der Waals surface area contributed by atoms with Crippen molar-refractivity contribution in [1.29, 1.82) is 0 Å². The predicted molar refractivity (Wildman–Crippen MR) is 73.2 cm³/mol. The van der Waals surface area contributed by atoms with Crippen LogP contribution in [0.15, 0.2) is 0 Å². The third-order valence-electron chi connectivity index (χ3n) is 2.19. The minimum atomic E-state index is -0.329. The molecule has 0 aliphatic rings. The van der Waals surface area contributed by atoms with Crippen molar-refractivity contribution in [3.8, 4) is 11.5 Å². The smallest absolute Gasteiger partial charge is 0.159 e. The molecule has 0 unspecified atom stereocenters. The molecule has 0 bridgehead atoms. The van der Waals surface area contributed by atoms with E-state index < -0.39 is 0 Å². The van der Waals surface area contributed by atoms with Crippen molar-refractivity contribution in [2.24, 2.45) is 0 Å². The summed E-state index contributed by atoms with van der Waals surface area (Å²) in [7, 11) is 0. The van der Waals surface area contributed by atoms with Gasteiger partial charge in [0.2, 0.25) is 0 Å². The molecule has 0 saturated carbocycles. The first-order valence-electron chi connectivity index (χ1n) is 5.18. The molecule has 0 saturated heterocycles. The topological polar surface area (TPSA) is 29.5 Å². The van der Waals surface area contributed by atoms with Gasteiger partial charge in [0.05, 0.1) is 6.61 Å². The van der Waals surface area contributed by atoms with Crippen LogP contribution in [-0.2, 0) is 0 Å². The molecule has 6 heteroatoms. The average Bonchev–Trinajstić information content (AvgIpc) is 2.33. The lowest BCUT2D eigenvalue weighted by Gasteiger charge is -2.13. The Morgan fingerprint density at radius 3 is 1.94 bits per heavy atom. The zero-order valence-electron chi connectivity index (χ0n) is 9.20. The number of hydrogen-bond acceptors (Lipinski definition) is 2. The first-order chi connectivity index (χ1) is 8.00. The zero-order valence-corrected chi connectivity index (χ0v) is 12.2. The van der Waals surface area contributed by atoms with Crippen LogP contribution in [0.4, 0.5) is 0 Å². The van der Waals surface area contributed by atoms with E-state index in [9.17, 15) is 5.11 Å². The van der Waals surface area contributed by atoms with Crippen LogP contribution < -0.4 is 4.74 Å². The summed E-state index contributed by atoms with van der Waals surface area (Å²) in [6.07, 6.45) is 3.02. The Balaban J connectivity index is 2.92. The van der Waals surface area contributed by atoms with Gasteiger partial charge in [0.15, 0.2) is 11.5 Å². The molecule has 0 heterocycles. The van der Waals surface area contributed by atoms with Crippen molar-refractivity contribution in [3.63, 3.8) is 0 Å². The predicted octanol–water partition coefficient (Wildman–Crippen LogP) is 5.57. The van der Waals surface area contributed by atoms with Crippen molar-refractivity contribution in [1.82, 2.24) is 0 Å². The summed E-state index contributed by atoms with van der Waals surface area (Å²) in [5.74, 6) is -0.110. The Bertz CT molecular complexity index is 378. The second-order valence-corrected chi connectivity index (χ2v) is 5.00. The first kappa shape index (κ1) is 15.0. The Hall–Kier alpha value is -0.0200. The number of phenolic OH excluding ortho intramolecular Hbond substituents is 1. The molecule has 0 atom stereocenters. The Kier molecular flexibility index (Phi) is 6.01.